The van der Waals surface area contributed by atoms with Crippen LogP contribution in [0.1, 0.15) is 56.5 Å². The molecular formula is C37H37N3O7S2. The Hall–Kier alpha value is -5.07. The van der Waals surface area contributed by atoms with Gasteiger partial charge in [-0.1, -0.05) is 30.3 Å². The zero-order valence-electron chi connectivity index (χ0n) is 27.4. The second-order valence-electron chi connectivity index (χ2n) is 10.9. The van der Waals surface area contributed by atoms with Gasteiger partial charge in [0.1, 0.15) is 10.7 Å². The third-order valence-electron chi connectivity index (χ3n) is 7.61. The molecule has 0 saturated carbocycles. The fraction of sp³-hybridized carbons (Fsp3) is 0.243. The van der Waals surface area contributed by atoms with E-state index in [0.717, 1.165) is 41.0 Å². The van der Waals surface area contributed by atoms with Crippen molar-refractivity contribution in [3.05, 3.63) is 106 Å². The number of hydrogen-bond donors (Lipinski definition) is 3. The van der Waals surface area contributed by atoms with Gasteiger partial charge in [0.15, 0.2) is 11.5 Å². The smallest absolute Gasteiger partial charge is 0.341 e. The molecule has 49 heavy (non-hydrogen) atoms. The minimum absolute atomic E-state index is 0.00885. The van der Waals surface area contributed by atoms with Gasteiger partial charge in [0.05, 0.1) is 32.1 Å². The molecule has 3 aromatic carbocycles. The number of esters is 1. The lowest BCUT2D eigenvalue weighted by molar-refractivity contribution is -0.114. The molecule has 1 heterocycles. The van der Waals surface area contributed by atoms with Crippen molar-refractivity contribution in [2.45, 2.75) is 37.5 Å². The van der Waals surface area contributed by atoms with Gasteiger partial charge in [-0.2, -0.15) is 0 Å². The summed E-state index contributed by atoms with van der Waals surface area (Å²) in [6.07, 6.45) is 5.28. The number of carbonyl (C=O) groups is 4. The van der Waals surface area contributed by atoms with E-state index in [9.17, 15) is 19.2 Å². The molecule has 0 aliphatic heterocycles. The molecule has 0 atom stereocenters. The molecule has 10 nitrogen and oxygen atoms in total. The van der Waals surface area contributed by atoms with E-state index in [0.29, 0.717) is 38.9 Å². The number of thiophene rings is 1. The Morgan fingerprint density at radius 3 is 2.41 bits per heavy atom. The highest BCUT2D eigenvalue weighted by Crippen LogP contribution is 2.39. The van der Waals surface area contributed by atoms with Gasteiger partial charge in [0, 0.05) is 21.0 Å². The molecule has 254 valence electrons. The lowest BCUT2D eigenvalue weighted by Crippen LogP contribution is -2.30. The van der Waals surface area contributed by atoms with Crippen molar-refractivity contribution >= 4 is 63.6 Å². The van der Waals surface area contributed by atoms with E-state index in [-0.39, 0.29) is 24.0 Å². The first-order chi connectivity index (χ1) is 23.8. The third-order valence-corrected chi connectivity index (χ3v) is 9.81. The quantitative estimate of drug-likeness (QED) is 0.0776. The first kappa shape index (κ1) is 35.2. The van der Waals surface area contributed by atoms with Gasteiger partial charge >= 0.3 is 5.97 Å². The van der Waals surface area contributed by atoms with Crippen LogP contribution < -0.4 is 25.4 Å². The number of aryl methyl sites for hydroxylation is 1. The number of methoxy groups -OCH3 is 2. The molecule has 4 aromatic rings. The largest absolute Gasteiger partial charge is 0.493 e. The number of thioether (sulfide) groups is 1. The summed E-state index contributed by atoms with van der Waals surface area (Å²) in [7, 11) is 3.04. The fourth-order valence-electron chi connectivity index (χ4n) is 5.30. The normalized spacial score (nSPS) is 12.3. The zero-order valence-corrected chi connectivity index (χ0v) is 29.1. The summed E-state index contributed by atoms with van der Waals surface area (Å²) in [5.74, 6) is -0.589. The zero-order chi connectivity index (χ0) is 34.8. The predicted molar refractivity (Wildman–Crippen MR) is 193 cm³/mol. The molecule has 12 heteroatoms. The van der Waals surface area contributed by atoms with E-state index in [1.165, 1.54) is 37.3 Å². The molecule has 0 bridgehead atoms. The van der Waals surface area contributed by atoms with Gasteiger partial charge in [-0.15, -0.1) is 23.1 Å². The molecule has 0 unspecified atom stereocenters. The maximum atomic E-state index is 13.6. The Kier molecular flexibility index (Phi) is 12.1. The van der Waals surface area contributed by atoms with Gasteiger partial charge < -0.3 is 30.2 Å². The van der Waals surface area contributed by atoms with Crippen LogP contribution in [0.2, 0.25) is 0 Å². The number of benzene rings is 3. The highest BCUT2D eigenvalue weighted by Gasteiger charge is 2.27. The SMILES string of the molecule is CCOC(=O)c1c(NC(=O)CSc2cccc(NC(=O)/C(=C\c3ccc(OC)c(OC)c3)NC(=O)c3ccccc3)c2)sc2c1CCCC2. The molecule has 3 N–H and O–H groups in total. The Balaban J connectivity index is 1.29. The summed E-state index contributed by atoms with van der Waals surface area (Å²) in [6.45, 7) is 2.02. The highest BCUT2D eigenvalue weighted by molar-refractivity contribution is 8.00. The summed E-state index contributed by atoms with van der Waals surface area (Å²) in [5, 5.41) is 9.05. The number of fused-ring (bicyclic) bond motifs is 1. The Morgan fingerprint density at radius 1 is 0.878 bits per heavy atom. The lowest BCUT2D eigenvalue weighted by atomic mass is 9.95. The molecule has 0 radical (unpaired) electrons. The lowest BCUT2D eigenvalue weighted by Gasteiger charge is -2.13. The maximum Gasteiger partial charge on any atom is 0.341 e. The van der Waals surface area contributed by atoms with E-state index in [1.807, 2.05) is 6.07 Å². The van der Waals surface area contributed by atoms with Crippen molar-refractivity contribution in [2.24, 2.45) is 0 Å². The predicted octanol–water partition coefficient (Wildman–Crippen LogP) is 6.96. The number of amides is 3. The summed E-state index contributed by atoms with van der Waals surface area (Å²) in [5.41, 5.74) is 2.93. The van der Waals surface area contributed by atoms with E-state index < -0.39 is 17.8 Å². The highest BCUT2D eigenvalue weighted by atomic mass is 32.2. The van der Waals surface area contributed by atoms with Crippen LogP contribution >= 0.6 is 23.1 Å². The number of carbonyl (C=O) groups excluding carboxylic acids is 4. The average molecular weight is 700 g/mol. The van der Waals surface area contributed by atoms with Gasteiger partial charge in [-0.25, -0.2) is 4.79 Å². The minimum Gasteiger partial charge on any atom is -0.493 e. The first-order valence-electron chi connectivity index (χ1n) is 15.8. The number of anilines is 2. The van der Waals surface area contributed by atoms with Crippen LogP contribution in [-0.2, 0) is 27.2 Å². The molecule has 5 rings (SSSR count). The fourth-order valence-corrected chi connectivity index (χ4v) is 7.35. The molecule has 1 aliphatic rings. The van der Waals surface area contributed by atoms with Crippen LogP contribution in [0.3, 0.4) is 0 Å². The standard InChI is InChI=1S/C37H37N3O7S2/c1-4-47-37(44)33-27-15-8-9-16-31(27)49-36(33)40-32(41)22-48-26-14-10-13-25(21-26)38-35(43)28(39-34(42)24-11-6-5-7-12-24)19-23-17-18-29(45-2)30(20-23)46-3/h5-7,10-14,17-21H,4,8-9,15-16,22H2,1-3H3,(H,38,43)(H,39,42)(H,40,41)/b28-19+. The van der Waals surface area contributed by atoms with Crippen LogP contribution in [0.5, 0.6) is 11.5 Å². The Labute approximate surface area is 293 Å². The molecule has 1 aliphatic carbocycles. The van der Waals surface area contributed by atoms with Gasteiger partial charge in [-0.05, 0) is 92.3 Å². The Bertz CT molecular complexity index is 1870. The van der Waals surface area contributed by atoms with Crippen molar-refractivity contribution < 1.29 is 33.4 Å². The van der Waals surface area contributed by atoms with Gasteiger partial charge in [0.2, 0.25) is 5.91 Å². The van der Waals surface area contributed by atoms with Crippen molar-refractivity contribution in [1.82, 2.24) is 5.32 Å². The summed E-state index contributed by atoms with van der Waals surface area (Å²) < 4.78 is 16.0. The van der Waals surface area contributed by atoms with E-state index in [2.05, 4.69) is 16.0 Å². The summed E-state index contributed by atoms with van der Waals surface area (Å²) in [6, 6.07) is 20.8. The van der Waals surface area contributed by atoms with E-state index in [1.54, 1.807) is 79.7 Å². The topological polar surface area (TPSA) is 132 Å². The average Bonchev–Trinajstić information content (AvgIpc) is 3.48. The molecule has 3 amide bonds. The van der Waals surface area contributed by atoms with Crippen LogP contribution in [0.15, 0.2) is 83.4 Å². The summed E-state index contributed by atoms with van der Waals surface area (Å²) in [4.78, 5) is 54.4. The van der Waals surface area contributed by atoms with Crippen LogP contribution in [-0.4, -0.2) is 50.3 Å². The molecular weight excluding hydrogens is 663 g/mol. The number of rotatable bonds is 13. The van der Waals surface area contributed by atoms with E-state index in [4.69, 9.17) is 14.2 Å². The molecule has 1 aromatic heterocycles. The second-order valence-corrected chi connectivity index (χ2v) is 13.1. The molecule has 0 fully saturated rings. The van der Waals surface area contributed by atoms with Gasteiger partial charge in [0.25, 0.3) is 11.8 Å². The van der Waals surface area contributed by atoms with Gasteiger partial charge in [-0.3, -0.25) is 14.4 Å². The van der Waals surface area contributed by atoms with Crippen LogP contribution in [0.4, 0.5) is 10.7 Å². The van der Waals surface area contributed by atoms with Crippen molar-refractivity contribution in [3.63, 3.8) is 0 Å². The first-order valence-corrected chi connectivity index (χ1v) is 17.6. The number of nitrogens with one attached hydrogen (secondary N) is 3. The minimum atomic E-state index is -0.549. The Morgan fingerprint density at radius 2 is 1.65 bits per heavy atom. The molecule has 0 saturated heterocycles. The molecule has 0 spiro atoms. The maximum absolute atomic E-state index is 13.6. The monoisotopic (exact) mass is 699 g/mol. The number of hydrogen-bond acceptors (Lipinski definition) is 9. The summed E-state index contributed by atoms with van der Waals surface area (Å²) >= 11 is 2.74. The van der Waals surface area contributed by atoms with Crippen molar-refractivity contribution in [1.29, 1.82) is 0 Å². The van der Waals surface area contributed by atoms with Crippen LogP contribution in [0, 0.1) is 0 Å². The van der Waals surface area contributed by atoms with E-state index >= 15 is 0 Å². The second kappa shape index (κ2) is 16.8. The third kappa shape index (κ3) is 9.09. The van der Waals surface area contributed by atoms with Crippen molar-refractivity contribution in [3.8, 4) is 11.5 Å². The number of ether oxygens (including phenoxy) is 3. The van der Waals surface area contributed by atoms with Crippen LogP contribution in [0.25, 0.3) is 6.08 Å². The van der Waals surface area contributed by atoms with Crippen molar-refractivity contribution in [2.75, 3.05) is 37.2 Å².